The van der Waals surface area contributed by atoms with Crippen LogP contribution < -0.4 is 10.9 Å². The van der Waals surface area contributed by atoms with Gasteiger partial charge in [0.1, 0.15) is 5.69 Å². The maximum absolute atomic E-state index is 13.0. The van der Waals surface area contributed by atoms with Crippen LogP contribution in [0.15, 0.2) is 65.5 Å². The van der Waals surface area contributed by atoms with Gasteiger partial charge in [0, 0.05) is 7.05 Å². The second-order valence-electron chi connectivity index (χ2n) is 6.84. The molecular weight excluding hydrogens is 326 g/mol. The topological polar surface area (TPSA) is 56.0 Å². The van der Waals surface area contributed by atoms with E-state index < -0.39 is 5.41 Å². The number of carbonyl (C=O) groups is 1. The number of amides is 1. The second kappa shape index (κ2) is 6.02. The highest BCUT2D eigenvalue weighted by Crippen LogP contribution is 2.48. The van der Waals surface area contributed by atoms with E-state index in [0.717, 1.165) is 29.8 Å². The monoisotopic (exact) mass is 347 g/mol. The SMILES string of the molecule is Cc1c(NC(=O)C2(c3ccccc3)CC2)c(=O)n(-c2ccccc2)n1C. The summed E-state index contributed by atoms with van der Waals surface area (Å²) in [6.45, 7) is 1.85. The van der Waals surface area contributed by atoms with Crippen LogP contribution in [0.5, 0.6) is 0 Å². The fraction of sp³-hybridized carbons (Fsp3) is 0.238. The Bertz CT molecular complexity index is 1010. The van der Waals surface area contributed by atoms with Gasteiger partial charge in [-0.25, -0.2) is 4.68 Å². The Kier molecular flexibility index (Phi) is 3.80. The van der Waals surface area contributed by atoms with E-state index in [-0.39, 0.29) is 11.5 Å². The molecule has 5 heteroatoms. The van der Waals surface area contributed by atoms with Gasteiger partial charge in [-0.05, 0) is 37.5 Å². The molecule has 132 valence electrons. The molecule has 0 aliphatic heterocycles. The predicted octanol–water partition coefficient (Wildman–Crippen LogP) is 3.15. The van der Waals surface area contributed by atoms with Crippen molar-refractivity contribution in [3.8, 4) is 5.69 Å². The summed E-state index contributed by atoms with van der Waals surface area (Å²) in [6, 6.07) is 19.2. The van der Waals surface area contributed by atoms with E-state index in [0.29, 0.717) is 5.69 Å². The molecule has 1 aliphatic rings. The molecule has 1 fully saturated rings. The quantitative estimate of drug-likeness (QED) is 0.788. The summed E-state index contributed by atoms with van der Waals surface area (Å²) in [7, 11) is 1.82. The summed E-state index contributed by atoms with van der Waals surface area (Å²) in [5.74, 6) is -0.102. The number of hydrogen-bond donors (Lipinski definition) is 1. The van der Waals surface area contributed by atoms with Gasteiger partial charge in [-0.2, -0.15) is 0 Å². The van der Waals surface area contributed by atoms with Crippen LogP contribution in [0.25, 0.3) is 5.69 Å². The second-order valence-corrected chi connectivity index (χ2v) is 6.84. The van der Waals surface area contributed by atoms with Crippen molar-refractivity contribution in [2.75, 3.05) is 5.32 Å². The van der Waals surface area contributed by atoms with Gasteiger partial charge < -0.3 is 5.32 Å². The minimum Gasteiger partial charge on any atom is -0.319 e. The molecule has 1 N–H and O–H groups in total. The van der Waals surface area contributed by atoms with E-state index >= 15 is 0 Å². The fourth-order valence-corrected chi connectivity index (χ4v) is 3.47. The van der Waals surface area contributed by atoms with Crippen LogP contribution in [-0.2, 0) is 17.3 Å². The minimum atomic E-state index is -0.506. The van der Waals surface area contributed by atoms with Gasteiger partial charge in [-0.3, -0.25) is 14.3 Å². The number of anilines is 1. The molecule has 1 amide bonds. The Balaban J connectivity index is 1.70. The van der Waals surface area contributed by atoms with Crippen molar-refractivity contribution in [3.05, 3.63) is 82.3 Å². The van der Waals surface area contributed by atoms with Gasteiger partial charge in [-0.15, -0.1) is 0 Å². The smallest absolute Gasteiger partial charge is 0.295 e. The molecular formula is C21H21N3O2. The highest BCUT2D eigenvalue weighted by Gasteiger charge is 2.51. The summed E-state index contributed by atoms with van der Waals surface area (Å²) in [6.07, 6.45) is 1.61. The first kappa shape index (κ1) is 16.4. The third kappa shape index (κ3) is 2.47. The minimum absolute atomic E-state index is 0.102. The molecule has 0 radical (unpaired) electrons. The van der Waals surface area contributed by atoms with E-state index in [1.807, 2.05) is 74.6 Å². The van der Waals surface area contributed by atoms with Crippen LogP contribution >= 0.6 is 0 Å². The number of aromatic nitrogens is 2. The molecule has 1 heterocycles. The number of nitrogens with one attached hydrogen (secondary N) is 1. The standard InChI is InChI=1S/C21H21N3O2/c1-15-18(19(25)24(23(15)2)17-11-7-4-8-12-17)22-20(26)21(13-14-21)16-9-5-3-6-10-16/h3-12H,13-14H2,1-2H3,(H,22,26). The Morgan fingerprint density at radius 3 is 2.15 bits per heavy atom. The third-order valence-electron chi connectivity index (χ3n) is 5.30. The molecule has 0 spiro atoms. The molecule has 3 aromatic rings. The molecule has 1 aliphatic carbocycles. The molecule has 1 aromatic heterocycles. The zero-order valence-electron chi connectivity index (χ0n) is 14.9. The van der Waals surface area contributed by atoms with Gasteiger partial charge >= 0.3 is 0 Å². The van der Waals surface area contributed by atoms with E-state index in [1.54, 1.807) is 9.36 Å². The molecule has 2 aromatic carbocycles. The van der Waals surface area contributed by atoms with Crippen molar-refractivity contribution in [2.24, 2.45) is 7.05 Å². The third-order valence-corrected chi connectivity index (χ3v) is 5.30. The van der Waals surface area contributed by atoms with Crippen LogP contribution in [0.2, 0.25) is 0 Å². The van der Waals surface area contributed by atoms with Gasteiger partial charge in [0.15, 0.2) is 0 Å². The zero-order valence-corrected chi connectivity index (χ0v) is 14.9. The predicted molar refractivity (Wildman–Crippen MR) is 102 cm³/mol. The first-order valence-electron chi connectivity index (χ1n) is 8.75. The number of para-hydroxylation sites is 1. The van der Waals surface area contributed by atoms with Crippen LogP contribution in [0, 0.1) is 6.92 Å². The first-order valence-corrected chi connectivity index (χ1v) is 8.75. The lowest BCUT2D eigenvalue weighted by atomic mass is 9.95. The molecule has 0 saturated heterocycles. The van der Waals surface area contributed by atoms with Crippen molar-refractivity contribution < 1.29 is 4.79 Å². The summed E-state index contributed by atoms with van der Waals surface area (Å²) in [5.41, 5.74) is 2.14. The van der Waals surface area contributed by atoms with E-state index in [9.17, 15) is 9.59 Å². The Morgan fingerprint density at radius 1 is 1.00 bits per heavy atom. The first-order chi connectivity index (χ1) is 12.5. The lowest BCUT2D eigenvalue weighted by Gasteiger charge is -2.15. The number of hydrogen-bond acceptors (Lipinski definition) is 2. The number of rotatable bonds is 4. The number of benzene rings is 2. The Morgan fingerprint density at radius 2 is 1.58 bits per heavy atom. The largest absolute Gasteiger partial charge is 0.319 e. The molecule has 26 heavy (non-hydrogen) atoms. The van der Waals surface area contributed by atoms with Gasteiger partial charge in [0.05, 0.1) is 16.8 Å². The van der Waals surface area contributed by atoms with Gasteiger partial charge in [0.25, 0.3) is 5.56 Å². The summed E-state index contributed by atoms with van der Waals surface area (Å²) < 4.78 is 3.35. The van der Waals surface area contributed by atoms with E-state index in [1.165, 1.54) is 0 Å². The average Bonchev–Trinajstić information content (AvgIpc) is 3.45. The zero-order chi connectivity index (χ0) is 18.3. The highest BCUT2D eigenvalue weighted by molar-refractivity contribution is 6.01. The maximum atomic E-state index is 13.0. The maximum Gasteiger partial charge on any atom is 0.295 e. The molecule has 0 unspecified atom stereocenters. The Hall–Kier alpha value is -3.08. The number of carbonyl (C=O) groups excluding carboxylic acids is 1. The molecule has 1 saturated carbocycles. The van der Waals surface area contributed by atoms with E-state index in [2.05, 4.69) is 5.32 Å². The molecule has 0 atom stereocenters. The molecule has 5 nitrogen and oxygen atoms in total. The van der Waals surface area contributed by atoms with Crippen molar-refractivity contribution >= 4 is 11.6 Å². The normalized spacial score (nSPS) is 14.8. The average molecular weight is 347 g/mol. The van der Waals surface area contributed by atoms with Crippen LogP contribution in [-0.4, -0.2) is 15.3 Å². The Labute approximate surface area is 151 Å². The van der Waals surface area contributed by atoms with Crippen LogP contribution in [0.4, 0.5) is 5.69 Å². The van der Waals surface area contributed by atoms with Crippen LogP contribution in [0.3, 0.4) is 0 Å². The molecule has 4 rings (SSSR count). The molecule has 0 bridgehead atoms. The van der Waals surface area contributed by atoms with Crippen molar-refractivity contribution in [1.29, 1.82) is 0 Å². The lowest BCUT2D eigenvalue weighted by molar-refractivity contribution is -0.118. The van der Waals surface area contributed by atoms with Gasteiger partial charge in [-0.1, -0.05) is 48.5 Å². The highest BCUT2D eigenvalue weighted by atomic mass is 16.2. The summed E-state index contributed by atoms with van der Waals surface area (Å²) in [5, 5.41) is 2.92. The van der Waals surface area contributed by atoms with Crippen molar-refractivity contribution in [3.63, 3.8) is 0 Å². The summed E-state index contributed by atoms with van der Waals surface area (Å²) in [4.78, 5) is 25.9. The van der Waals surface area contributed by atoms with E-state index in [4.69, 9.17) is 0 Å². The lowest BCUT2D eigenvalue weighted by Crippen LogP contribution is -2.30. The van der Waals surface area contributed by atoms with Crippen molar-refractivity contribution in [1.82, 2.24) is 9.36 Å². The van der Waals surface area contributed by atoms with Gasteiger partial charge in [0.2, 0.25) is 5.91 Å². The van der Waals surface area contributed by atoms with Crippen molar-refractivity contribution in [2.45, 2.75) is 25.2 Å². The summed E-state index contributed by atoms with van der Waals surface area (Å²) >= 11 is 0. The number of nitrogens with zero attached hydrogens (tertiary/aromatic N) is 2. The van der Waals surface area contributed by atoms with Crippen LogP contribution in [0.1, 0.15) is 24.1 Å². The fourth-order valence-electron chi connectivity index (χ4n) is 3.47.